The van der Waals surface area contributed by atoms with Crippen molar-refractivity contribution in [3.8, 4) is 11.1 Å². The summed E-state index contributed by atoms with van der Waals surface area (Å²) in [7, 11) is -2.72. The number of carbonyl (C=O) groups excluding carboxylic acids is 1. The van der Waals surface area contributed by atoms with Gasteiger partial charge in [-0.25, -0.2) is 12.8 Å². The molecule has 0 aliphatic rings. The Morgan fingerprint density at radius 2 is 1.67 bits per heavy atom. The molecule has 168 valence electrons. The summed E-state index contributed by atoms with van der Waals surface area (Å²) in [6.07, 6.45) is 0. The molecule has 1 aromatic heterocycles. The van der Waals surface area contributed by atoms with E-state index < -0.39 is 21.7 Å². The highest BCUT2D eigenvalue weighted by molar-refractivity contribution is 7.93. The smallest absolute Gasteiger partial charge is 0.267 e. The van der Waals surface area contributed by atoms with Gasteiger partial charge in [-0.1, -0.05) is 48.0 Å². The van der Waals surface area contributed by atoms with E-state index in [0.29, 0.717) is 16.9 Å². The fraction of sp³-hybridized carbons (Fsp3) is 0.0800. The van der Waals surface area contributed by atoms with Crippen LogP contribution >= 0.6 is 11.3 Å². The lowest BCUT2D eigenvalue weighted by Crippen LogP contribution is -2.28. The van der Waals surface area contributed by atoms with E-state index in [2.05, 4.69) is 5.32 Å². The van der Waals surface area contributed by atoms with Crippen LogP contribution in [0.4, 0.5) is 15.8 Å². The number of hydrogen-bond acceptors (Lipinski definition) is 4. The van der Waals surface area contributed by atoms with Gasteiger partial charge in [-0.05, 0) is 48.9 Å². The van der Waals surface area contributed by atoms with Crippen LogP contribution in [0.2, 0.25) is 0 Å². The highest BCUT2D eigenvalue weighted by Crippen LogP contribution is 2.38. The molecule has 0 unspecified atom stereocenters. The molecule has 0 atom stereocenters. The average molecular weight is 481 g/mol. The number of halogens is 1. The van der Waals surface area contributed by atoms with E-state index in [1.807, 2.05) is 25.1 Å². The summed E-state index contributed by atoms with van der Waals surface area (Å²) in [5, 5.41) is 4.32. The lowest BCUT2D eigenvalue weighted by Gasteiger charge is -2.21. The SMILES string of the molecule is Cc1ccc(N(C)S(=O)(=O)c2c(-c3cccc(F)c3)csc2C(=O)Nc2ccccc2)cc1. The third-order valence-electron chi connectivity index (χ3n) is 5.14. The molecule has 0 bridgehead atoms. The highest BCUT2D eigenvalue weighted by Gasteiger charge is 2.32. The first-order valence-corrected chi connectivity index (χ1v) is 12.4. The summed E-state index contributed by atoms with van der Waals surface area (Å²) in [6, 6.07) is 21.5. The van der Waals surface area contributed by atoms with Crippen LogP contribution in [-0.2, 0) is 10.0 Å². The molecule has 4 aromatic rings. The van der Waals surface area contributed by atoms with Gasteiger partial charge in [-0.2, -0.15) is 0 Å². The van der Waals surface area contributed by atoms with Crippen LogP contribution in [0.3, 0.4) is 0 Å². The number of hydrogen-bond donors (Lipinski definition) is 1. The number of sulfonamides is 1. The zero-order chi connectivity index (χ0) is 23.6. The first-order chi connectivity index (χ1) is 15.8. The number of anilines is 2. The van der Waals surface area contributed by atoms with Crippen molar-refractivity contribution in [3.63, 3.8) is 0 Å². The Kier molecular flexibility index (Phi) is 6.31. The van der Waals surface area contributed by atoms with Crippen LogP contribution in [0.5, 0.6) is 0 Å². The topological polar surface area (TPSA) is 66.5 Å². The van der Waals surface area contributed by atoms with Crippen molar-refractivity contribution in [2.45, 2.75) is 11.8 Å². The van der Waals surface area contributed by atoms with Crippen molar-refractivity contribution in [1.29, 1.82) is 0 Å². The Morgan fingerprint density at radius 1 is 0.970 bits per heavy atom. The van der Waals surface area contributed by atoms with E-state index in [1.54, 1.807) is 47.8 Å². The lowest BCUT2D eigenvalue weighted by atomic mass is 10.1. The Morgan fingerprint density at radius 3 is 2.33 bits per heavy atom. The van der Waals surface area contributed by atoms with Crippen molar-refractivity contribution < 1.29 is 17.6 Å². The van der Waals surface area contributed by atoms with E-state index in [4.69, 9.17) is 0 Å². The van der Waals surface area contributed by atoms with E-state index in [-0.39, 0.29) is 15.3 Å². The lowest BCUT2D eigenvalue weighted by molar-refractivity contribution is 0.102. The molecule has 8 heteroatoms. The summed E-state index contributed by atoms with van der Waals surface area (Å²) in [5.41, 5.74) is 2.63. The van der Waals surface area contributed by atoms with Crippen LogP contribution in [-0.4, -0.2) is 21.4 Å². The van der Waals surface area contributed by atoms with Gasteiger partial charge in [0.1, 0.15) is 15.6 Å². The quantitative estimate of drug-likeness (QED) is 0.371. The fourth-order valence-electron chi connectivity index (χ4n) is 3.35. The summed E-state index contributed by atoms with van der Waals surface area (Å²) in [4.78, 5) is 13.0. The van der Waals surface area contributed by atoms with Crippen molar-refractivity contribution in [3.05, 3.63) is 101 Å². The summed E-state index contributed by atoms with van der Waals surface area (Å²) >= 11 is 1.01. The first kappa shape index (κ1) is 22.7. The fourth-order valence-corrected chi connectivity index (χ4v) is 6.21. The molecular formula is C25H21FN2O3S2. The summed E-state index contributed by atoms with van der Waals surface area (Å²) in [6.45, 7) is 1.91. The third-order valence-corrected chi connectivity index (χ3v) is 8.11. The van der Waals surface area contributed by atoms with Gasteiger partial charge in [0.2, 0.25) is 0 Å². The zero-order valence-electron chi connectivity index (χ0n) is 17.9. The van der Waals surface area contributed by atoms with Crippen molar-refractivity contribution in [2.24, 2.45) is 0 Å². The average Bonchev–Trinajstić information content (AvgIpc) is 3.26. The number of nitrogens with one attached hydrogen (secondary N) is 1. The molecule has 0 saturated carbocycles. The number of benzene rings is 3. The minimum absolute atomic E-state index is 0.0251. The molecule has 4 rings (SSSR count). The molecule has 0 spiro atoms. The second-order valence-corrected chi connectivity index (χ2v) is 10.2. The predicted molar refractivity (Wildman–Crippen MR) is 131 cm³/mol. The second kappa shape index (κ2) is 9.17. The van der Waals surface area contributed by atoms with Gasteiger partial charge in [-0.15, -0.1) is 11.3 Å². The van der Waals surface area contributed by atoms with E-state index in [1.165, 1.54) is 25.2 Å². The minimum atomic E-state index is -4.16. The number of amides is 1. The molecule has 33 heavy (non-hydrogen) atoms. The number of para-hydroxylation sites is 1. The van der Waals surface area contributed by atoms with E-state index in [0.717, 1.165) is 21.2 Å². The molecule has 0 radical (unpaired) electrons. The summed E-state index contributed by atoms with van der Waals surface area (Å²) in [5.74, 6) is -1.05. The predicted octanol–water partition coefficient (Wildman–Crippen LogP) is 5.94. The minimum Gasteiger partial charge on any atom is -0.321 e. The maximum absolute atomic E-state index is 14.0. The molecule has 0 aliphatic heterocycles. The molecule has 3 aromatic carbocycles. The normalized spacial score (nSPS) is 11.2. The second-order valence-electron chi connectivity index (χ2n) is 7.45. The Hall–Kier alpha value is -3.49. The molecule has 1 amide bonds. The van der Waals surface area contributed by atoms with Gasteiger partial charge in [0.15, 0.2) is 0 Å². The molecule has 1 heterocycles. The van der Waals surface area contributed by atoms with Gasteiger partial charge < -0.3 is 5.32 Å². The van der Waals surface area contributed by atoms with Gasteiger partial charge in [0, 0.05) is 23.7 Å². The molecule has 1 N–H and O–H groups in total. The van der Waals surface area contributed by atoms with Crippen LogP contribution in [0.15, 0.2) is 89.1 Å². The molecule has 5 nitrogen and oxygen atoms in total. The molecular weight excluding hydrogens is 459 g/mol. The molecule has 0 fully saturated rings. The van der Waals surface area contributed by atoms with E-state index in [9.17, 15) is 17.6 Å². The first-order valence-electron chi connectivity index (χ1n) is 10.1. The van der Waals surface area contributed by atoms with Gasteiger partial charge in [0.25, 0.3) is 15.9 Å². The van der Waals surface area contributed by atoms with Gasteiger partial charge >= 0.3 is 0 Å². The number of rotatable bonds is 6. The van der Waals surface area contributed by atoms with Crippen LogP contribution in [0.25, 0.3) is 11.1 Å². The van der Waals surface area contributed by atoms with Crippen LogP contribution in [0.1, 0.15) is 15.2 Å². The van der Waals surface area contributed by atoms with Crippen molar-refractivity contribution >= 4 is 38.6 Å². The van der Waals surface area contributed by atoms with Gasteiger partial charge in [-0.3, -0.25) is 9.10 Å². The largest absolute Gasteiger partial charge is 0.321 e. The van der Waals surface area contributed by atoms with E-state index >= 15 is 0 Å². The molecule has 0 saturated heterocycles. The Balaban J connectivity index is 1.85. The maximum Gasteiger partial charge on any atom is 0.267 e. The van der Waals surface area contributed by atoms with Crippen LogP contribution in [0, 0.1) is 12.7 Å². The standard InChI is InChI=1S/C25H21FN2O3S2/c1-17-11-13-21(14-12-17)28(2)33(30,31)24-22(18-7-6-8-19(26)15-18)16-32-23(24)25(29)27-20-9-4-3-5-10-20/h3-16H,1-2H3,(H,27,29). The summed E-state index contributed by atoms with van der Waals surface area (Å²) < 4.78 is 42.7. The number of thiophene rings is 1. The van der Waals surface area contributed by atoms with Crippen molar-refractivity contribution in [1.82, 2.24) is 0 Å². The number of carbonyl (C=O) groups is 1. The van der Waals surface area contributed by atoms with Crippen LogP contribution < -0.4 is 9.62 Å². The highest BCUT2D eigenvalue weighted by atomic mass is 32.2. The Bertz CT molecular complexity index is 1400. The zero-order valence-corrected chi connectivity index (χ0v) is 19.6. The molecule has 0 aliphatic carbocycles. The van der Waals surface area contributed by atoms with Crippen molar-refractivity contribution in [2.75, 3.05) is 16.7 Å². The third kappa shape index (κ3) is 4.67. The number of aryl methyl sites for hydroxylation is 1. The monoisotopic (exact) mass is 480 g/mol. The maximum atomic E-state index is 14.0. The van der Waals surface area contributed by atoms with Gasteiger partial charge in [0.05, 0.1) is 5.69 Å². The Labute approximate surface area is 196 Å². The number of nitrogens with zero attached hydrogens (tertiary/aromatic N) is 1.